The minimum absolute atomic E-state index is 0.0357. The van der Waals surface area contributed by atoms with Crippen molar-refractivity contribution in [2.75, 3.05) is 0 Å². The number of nitrogens with two attached hydrogens (primary N) is 1. The van der Waals surface area contributed by atoms with Crippen LogP contribution < -0.4 is 5.73 Å². The molecule has 0 bridgehead atoms. The summed E-state index contributed by atoms with van der Waals surface area (Å²) in [5.74, 6) is 0. The summed E-state index contributed by atoms with van der Waals surface area (Å²) >= 11 is 6.28. The molecule has 2 N–H and O–H groups in total. The predicted molar refractivity (Wildman–Crippen MR) is 87.0 cm³/mol. The van der Waals surface area contributed by atoms with Crippen LogP contribution in [-0.2, 0) is 0 Å². The SMILES string of the molecule is CC(N)c1cccc(-c2ccc(Cl)c3ccccc23)c1. The first-order valence-electron chi connectivity index (χ1n) is 6.70. The lowest BCUT2D eigenvalue weighted by Crippen LogP contribution is -2.04. The number of benzene rings is 3. The van der Waals surface area contributed by atoms with Crippen molar-refractivity contribution >= 4 is 22.4 Å². The lowest BCUT2D eigenvalue weighted by Gasteiger charge is -2.11. The van der Waals surface area contributed by atoms with E-state index in [9.17, 15) is 0 Å². The predicted octanol–water partition coefficient (Wildman–Crippen LogP) is 5.18. The Balaban J connectivity index is 2.25. The van der Waals surface area contributed by atoms with Gasteiger partial charge >= 0.3 is 0 Å². The maximum absolute atomic E-state index is 6.28. The van der Waals surface area contributed by atoms with E-state index in [1.165, 1.54) is 16.5 Å². The van der Waals surface area contributed by atoms with Gasteiger partial charge in [0.15, 0.2) is 0 Å². The quantitative estimate of drug-likeness (QED) is 0.688. The maximum atomic E-state index is 6.28. The van der Waals surface area contributed by atoms with Gasteiger partial charge in [-0.3, -0.25) is 0 Å². The average molecular weight is 282 g/mol. The highest BCUT2D eigenvalue weighted by Crippen LogP contribution is 2.33. The highest BCUT2D eigenvalue weighted by atomic mass is 35.5. The van der Waals surface area contributed by atoms with Crippen molar-refractivity contribution in [2.45, 2.75) is 13.0 Å². The molecule has 3 aromatic carbocycles. The molecule has 0 spiro atoms. The second-order valence-corrected chi connectivity index (χ2v) is 5.46. The van der Waals surface area contributed by atoms with E-state index in [-0.39, 0.29) is 6.04 Å². The Hall–Kier alpha value is -1.83. The molecule has 0 fully saturated rings. The highest BCUT2D eigenvalue weighted by molar-refractivity contribution is 6.36. The standard InChI is InChI=1S/C18H16ClN/c1-12(20)13-5-4-6-14(11-13)15-9-10-18(19)17-8-3-2-7-16(15)17/h2-12H,20H2,1H3. The van der Waals surface area contributed by atoms with Gasteiger partial charge in [-0.05, 0) is 41.1 Å². The Kier molecular flexibility index (Phi) is 3.47. The second-order valence-electron chi connectivity index (χ2n) is 5.05. The Bertz CT molecular complexity index is 762. The molecule has 2 heteroatoms. The fourth-order valence-electron chi connectivity index (χ4n) is 2.50. The Morgan fingerprint density at radius 1 is 0.900 bits per heavy atom. The number of fused-ring (bicyclic) bond motifs is 1. The van der Waals surface area contributed by atoms with Crippen LogP contribution in [0.3, 0.4) is 0 Å². The molecule has 100 valence electrons. The summed E-state index contributed by atoms with van der Waals surface area (Å²) in [6.45, 7) is 2.00. The van der Waals surface area contributed by atoms with Gasteiger partial charge in [-0.15, -0.1) is 0 Å². The third kappa shape index (κ3) is 2.31. The van der Waals surface area contributed by atoms with Crippen molar-refractivity contribution in [1.82, 2.24) is 0 Å². The van der Waals surface area contributed by atoms with Crippen molar-refractivity contribution in [3.05, 3.63) is 71.2 Å². The van der Waals surface area contributed by atoms with Gasteiger partial charge < -0.3 is 5.73 Å². The molecule has 3 rings (SSSR count). The molecular formula is C18H16ClN. The van der Waals surface area contributed by atoms with Crippen LogP contribution in [0.15, 0.2) is 60.7 Å². The number of rotatable bonds is 2. The largest absolute Gasteiger partial charge is 0.324 e. The average Bonchev–Trinajstić information content (AvgIpc) is 2.48. The zero-order chi connectivity index (χ0) is 14.1. The van der Waals surface area contributed by atoms with Crippen LogP contribution in [0.25, 0.3) is 21.9 Å². The molecule has 0 radical (unpaired) electrons. The summed E-state index contributed by atoms with van der Waals surface area (Å²) in [5, 5.41) is 3.03. The Morgan fingerprint density at radius 2 is 1.65 bits per heavy atom. The molecule has 0 aromatic heterocycles. The van der Waals surface area contributed by atoms with E-state index in [0.29, 0.717) is 0 Å². The molecular weight excluding hydrogens is 266 g/mol. The van der Waals surface area contributed by atoms with Gasteiger partial charge in [-0.2, -0.15) is 0 Å². The van der Waals surface area contributed by atoms with Gasteiger partial charge in [0.05, 0.1) is 0 Å². The van der Waals surface area contributed by atoms with Crippen LogP contribution in [-0.4, -0.2) is 0 Å². The van der Waals surface area contributed by atoms with Crippen LogP contribution in [0.2, 0.25) is 5.02 Å². The van der Waals surface area contributed by atoms with E-state index in [2.05, 4.69) is 42.5 Å². The Labute approximate surface area is 124 Å². The minimum Gasteiger partial charge on any atom is -0.324 e. The number of hydrogen-bond acceptors (Lipinski definition) is 1. The molecule has 0 amide bonds. The summed E-state index contributed by atoms with van der Waals surface area (Å²) in [5.41, 5.74) is 9.48. The van der Waals surface area contributed by atoms with Crippen LogP contribution in [0, 0.1) is 0 Å². The van der Waals surface area contributed by atoms with E-state index in [1.807, 2.05) is 25.1 Å². The molecule has 1 unspecified atom stereocenters. The van der Waals surface area contributed by atoms with Crippen molar-refractivity contribution in [1.29, 1.82) is 0 Å². The summed E-state index contributed by atoms with van der Waals surface area (Å²) in [6, 6.07) is 20.7. The Morgan fingerprint density at radius 3 is 2.40 bits per heavy atom. The molecule has 3 aromatic rings. The third-order valence-electron chi connectivity index (χ3n) is 3.59. The minimum atomic E-state index is 0.0357. The first kappa shape index (κ1) is 13.2. The van der Waals surface area contributed by atoms with Crippen molar-refractivity contribution in [3.63, 3.8) is 0 Å². The molecule has 0 saturated heterocycles. The summed E-state index contributed by atoms with van der Waals surface area (Å²) in [6.07, 6.45) is 0. The zero-order valence-corrected chi connectivity index (χ0v) is 12.1. The van der Waals surface area contributed by atoms with Crippen molar-refractivity contribution < 1.29 is 0 Å². The number of hydrogen-bond donors (Lipinski definition) is 1. The van der Waals surface area contributed by atoms with E-state index in [1.54, 1.807) is 0 Å². The fraction of sp³-hybridized carbons (Fsp3) is 0.111. The second kappa shape index (κ2) is 5.28. The lowest BCUT2D eigenvalue weighted by molar-refractivity contribution is 0.819. The number of halogens is 1. The molecule has 0 saturated carbocycles. The van der Waals surface area contributed by atoms with Gasteiger partial charge in [-0.1, -0.05) is 60.1 Å². The topological polar surface area (TPSA) is 26.0 Å². The smallest absolute Gasteiger partial charge is 0.0484 e. The van der Waals surface area contributed by atoms with Gasteiger partial charge in [0.25, 0.3) is 0 Å². The van der Waals surface area contributed by atoms with Gasteiger partial charge in [0, 0.05) is 16.5 Å². The van der Waals surface area contributed by atoms with Crippen LogP contribution in [0.4, 0.5) is 0 Å². The molecule has 0 aliphatic carbocycles. The highest BCUT2D eigenvalue weighted by Gasteiger charge is 2.08. The van der Waals surface area contributed by atoms with E-state index < -0.39 is 0 Å². The third-order valence-corrected chi connectivity index (χ3v) is 3.92. The molecule has 0 aliphatic rings. The van der Waals surface area contributed by atoms with Gasteiger partial charge in [0.2, 0.25) is 0 Å². The molecule has 0 heterocycles. The van der Waals surface area contributed by atoms with Crippen molar-refractivity contribution in [3.8, 4) is 11.1 Å². The first-order chi connectivity index (χ1) is 9.66. The van der Waals surface area contributed by atoms with E-state index >= 15 is 0 Å². The van der Waals surface area contributed by atoms with Crippen molar-refractivity contribution in [2.24, 2.45) is 5.73 Å². The zero-order valence-electron chi connectivity index (χ0n) is 11.3. The maximum Gasteiger partial charge on any atom is 0.0484 e. The normalized spacial score (nSPS) is 12.6. The van der Waals surface area contributed by atoms with E-state index in [0.717, 1.165) is 16.0 Å². The van der Waals surface area contributed by atoms with Gasteiger partial charge in [-0.25, -0.2) is 0 Å². The van der Waals surface area contributed by atoms with Crippen LogP contribution in [0.5, 0.6) is 0 Å². The lowest BCUT2D eigenvalue weighted by atomic mass is 9.96. The fourth-order valence-corrected chi connectivity index (χ4v) is 2.73. The summed E-state index contributed by atoms with van der Waals surface area (Å²) < 4.78 is 0. The molecule has 0 aliphatic heterocycles. The van der Waals surface area contributed by atoms with Crippen LogP contribution in [0.1, 0.15) is 18.5 Å². The molecule has 20 heavy (non-hydrogen) atoms. The summed E-state index contributed by atoms with van der Waals surface area (Å²) in [7, 11) is 0. The molecule has 1 nitrogen and oxygen atoms in total. The summed E-state index contributed by atoms with van der Waals surface area (Å²) in [4.78, 5) is 0. The van der Waals surface area contributed by atoms with Gasteiger partial charge in [0.1, 0.15) is 0 Å². The first-order valence-corrected chi connectivity index (χ1v) is 7.08. The molecule has 1 atom stereocenters. The van der Waals surface area contributed by atoms with E-state index in [4.69, 9.17) is 17.3 Å². The monoisotopic (exact) mass is 281 g/mol. The van der Waals surface area contributed by atoms with Crippen LogP contribution >= 0.6 is 11.6 Å².